The molecule has 9 heteroatoms. The Hall–Kier alpha value is -2.39. The molecule has 1 aromatic heterocycles. The Labute approximate surface area is 135 Å². The normalized spacial score (nSPS) is 11.5. The molecule has 0 saturated carbocycles. The van der Waals surface area contributed by atoms with Gasteiger partial charge < -0.3 is 11.1 Å². The van der Waals surface area contributed by atoms with Crippen molar-refractivity contribution >= 4 is 27.3 Å². The van der Waals surface area contributed by atoms with E-state index in [1.807, 2.05) is 20.8 Å². The van der Waals surface area contributed by atoms with Crippen molar-refractivity contribution in [3.8, 4) is 0 Å². The van der Waals surface area contributed by atoms with Crippen molar-refractivity contribution in [3.05, 3.63) is 36.2 Å². The predicted octanol–water partition coefficient (Wildman–Crippen LogP) is 1.49. The first-order chi connectivity index (χ1) is 10.8. The summed E-state index contributed by atoms with van der Waals surface area (Å²) in [6.07, 6.45) is 1.30. The van der Waals surface area contributed by atoms with E-state index >= 15 is 0 Å². The predicted molar refractivity (Wildman–Crippen MR) is 90.3 cm³/mol. The van der Waals surface area contributed by atoms with E-state index in [2.05, 4.69) is 25.5 Å². The second-order valence-electron chi connectivity index (χ2n) is 5.33. The molecule has 5 N–H and O–H groups in total. The van der Waals surface area contributed by atoms with Gasteiger partial charge in [0.2, 0.25) is 0 Å². The summed E-state index contributed by atoms with van der Waals surface area (Å²) < 4.78 is 24.4. The smallest absolute Gasteiger partial charge is 0.257 e. The van der Waals surface area contributed by atoms with Crippen molar-refractivity contribution in [2.45, 2.75) is 31.7 Å². The SMILES string of the molecule is Cc1ccc(S(=O)(=O)NNc2ncnc(NC(C)C)c2N)cc1. The molecule has 0 spiro atoms. The van der Waals surface area contributed by atoms with Crippen molar-refractivity contribution in [2.24, 2.45) is 0 Å². The second kappa shape index (κ2) is 6.80. The number of hydrazine groups is 1. The van der Waals surface area contributed by atoms with Crippen LogP contribution in [0.1, 0.15) is 19.4 Å². The Morgan fingerprint density at radius 2 is 1.70 bits per heavy atom. The molecule has 0 amide bonds. The lowest BCUT2D eigenvalue weighted by Crippen LogP contribution is -2.30. The Balaban J connectivity index is 2.15. The van der Waals surface area contributed by atoms with Gasteiger partial charge in [0.05, 0.1) is 4.90 Å². The molecular weight excluding hydrogens is 316 g/mol. The third kappa shape index (κ3) is 4.30. The maximum atomic E-state index is 12.2. The number of nitrogens with two attached hydrogens (primary N) is 1. The van der Waals surface area contributed by atoms with Crippen LogP contribution in [-0.4, -0.2) is 24.4 Å². The van der Waals surface area contributed by atoms with Gasteiger partial charge in [0, 0.05) is 6.04 Å². The number of nitrogens with one attached hydrogen (secondary N) is 3. The van der Waals surface area contributed by atoms with Crippen molar-refractivity contribution < 1.29 is 8.42 Å². The topological polar surface area (TPSA) is 122 Å². The highest BCUT2D eigenvalue weighted by molar-refractivity contribution is 7.89. The highest BCUT2D eigenvalue weighted by Gasteiger charge is 2.15. The van der Waals surface area contributed by atoms with Gasteiger partial charge in [-0.1, -0.05) is 17.7 Å². The third-order valence-electron chi connectivity index (χ3n) is 2.94. The fraction of sp³-hybridized carbons (Fsp3) is 0.286. The van der Waals surface area contributed by atoms with Crippen LogP contribution in [0.15, 0.2) is 35.5 Å². The Morgan fingerprint density at radius 3 is 2.30 bits per heavy atom. The van der Waals surface area contributed by atoms with E-state index in [-0.39, 0.29) is 22.4 Å². The number of nitrogen functional groups attached to an aromatic ring is 1. The van der Waals surface area contributed by atoms with Crippen LogP contribution in [0.5, 0.6) is 0 Å². The number of hydrogen-bond donors (Lipinski definition) is 4. The molecule has 124 valence electrons. The standard InChI is InChI=1S/C14H20N6O2S/c1-9(2)18-13-12(15)14(17-8-16-13)19-20-23(21,22)11-6-4-10(3)5-7-11/h4-9,20H,15H2,1-3H3,(H2,16,17,18,19). The van der Waals surface area contributed by atoms with Crippen LogP contribution in [0.2, 0.25) is 0 Å². The summed E-state index contributed by atoms with van der Waals surface area (Å²) in [6, 6.07) is 6.61. The average molecular weight is 336 g/mol. The monoisotopic (exact) mass is 336 g/mol. The summed E-state index contributed by atoms with van der Waals surface area (Å²) in [4.78, 5) is 10.4. The van der Waals surface area contributed by atoms with Gasteiger partial charge in [-0.2, -0.15) is 0 Å². The van der Waals surface area contributed by atoms with Crippen molar-refractivity contribution in [3.63, 3.8) is 0 Å². The first-order valence-corrected chi connectivity index (χ1v) is 8.49. The van der Waals surface area contributed by atoms with E-state index < -0.39 is 10.0 Å². The molecule has 8 nitrogen and oxygen atoms in total. The second-order valence-corrected chi connectivity index (χ2v) is 7.01. The van der Waals surface area contributed by atoms with E-state index in [1.165, 1.54) is 18.5 Å². The van der Waals surface area contributed by atoms with E-state index in [0.29, 0.717) is 5.82 Å². The van der Waals surface area contributed by atoms with Gasteiger partial charge in [-0.3, -0.25) is 5.43 Å². The first kappa shape index (κ1) is 17.0. The molecule has 0 bridgehead atoms. The molecule has 1 heterocycles. The van der Waals surface area contributed by atoms with Crippen molar-refractivity contribution in [1.82, 2.24) is 14.8 Å². The number of sulfonamides is 1. The minimum Gasteiger partial charge on any atom is -0.393 e. The van der Waals surface area contributed by atoms with Crippen molar-refractivity contribution in [2.75, 3.05) is 16.5 Å². The van der Waals surface area contributed by atoms with Crippen LogP contribution in [-0.2, 0) is 10.0 Å². The average Bonchev–Trinajstić information content (AvgIpc) is 2.48. The van der Waals surface area contributed by atoms with Crippen LogP contribution in [0, 0.1) is 6.92 Å². The van der Waals surface area contributed by atoms with E-state index in [0.717, 1.165) is 5.56 Å². The third-order valence-corrected chi connectivity index (χ3v) is 4.21. The molecule has 2 rings (SSSR count). The highest BCUT2D eigenvalue weighted by Crippen LogP contribution is 2.22. The Kier molecular flexibility index (Phi) is 5.02. The van der Waals surface area contributed by atoms with E-state index in [9.17, 15) is 8.42 Å². The lowest BCUT2D eigenvalue weighted by Gasteiger charge is -2.14. The zero-order valence-electron chi connectivity index (χ0n) is 13.2. The molecule has 1 aromatic carbocycles. The molecule has 0 radical (unpaired) electrons. The van der Waals surface area contributed by atoms with Crippen LogP contribution in [0.3, 0.4) is 0 Å². The molecule has 0 aliphatic carbocycles. The number of aryl methyl sites for hydroxylation is 1. The zero-order valence-corrected chi connectivity index (χ0v) is 14.0. The molecule has 0 atom stereocenters. The Morgan fingerprint density at radius 1 is 1.09 bits per heavy atom. The highest BCUT2D eigenvalue weighted by atomic mass is 32.2. The van der Waals surface area contributed by atoms with Crippen LogP contribution >= 0.6 is 0 Å². The number of rotatable bonds is 6. The zero-order chi connectivity index (χ0) is 17.0. The minimum absolute atomic E-state index is 0.129. The molecule has 0 saturated heterocycles. The van der Waals surface area contributed by atoms with Crippen LogP contribution in [0.4, 0.5) is 17.3 Å². The van der Waals surface area contributed by atoms with Gasteiger partial charge in [-0.15, -0.1) is 4.83 Å². The molecular formula is C14H20N6O2S. The van der Waals surface area contributed by atoms with Crippen molar-refractivity contribution in [1.29, 1.82) is 0 Å². The lowest BCUT2D eigenvalue weighted by atomic mass is 10.2. The number of benzene rings is 1. The number of hydrogen-bond acceptors (Lipinski definition) is 7. The lowest BCUT2D eigenvalue weighted by molar-refractivity contribution is 0.587. The van der Waals surface area contributed by atoms with Gasteiger partial charge in [0.15, 0.2) is 11.6 Å². The largest absolute Gasteiger partial charge is 0.393 e. The number of nitrogens with zero attached hydrogens (tertiary/aromatic N) is 2. The summed E-state index contributed by atoms with van der Waals surface area (Å²) in [5, 5.41) is 3.06. The number of anilines is 3. The summed E-state index contributed by atoms with van der Waals surface area (Å²) in [5.41, 5.74) is 9.66. The Bertz CT molecular complexity index is 774. The van der Waals surface area contributed by atoms with Gasteiger partial charge in [-0.25, -0.2) is 18.4 Å². The molecule has 0 fully saturated rings. The van der Waals surface area contributed by atoms with E-state index in [1.54, 1.807) is 12.1 Å². The van der Waals surface area contributed by atoms with Gasteiger partial charge in [0.25, 0.3) is 10.0 Å². The molecule has 23 heavy (non-hydrogen) atoms. The quantitative estimate of drug-likeness (QED) is 0.589. The van der Waals surface area contributed by atoms with Crippen LogP contribution < -0.4 is 21.3 Å². The molecule has 2 aromatic rings. The maximum Gasteiger partial charge on any atom is 0.257 e. The maximum absolute atomic E-state index is 12.2. The van der Waals surface area contributed by atoms with Gasteiger partial charge in [-0.05, 0) is 32.9 Å². The summed E-state index contributed by atoms with van der Waals surface area (Å²) in [5.74, 6) is 0.617. The van der Waals surface area contributed by atoms with E-state index in [4.69, 9.17) is 5.73 Å². The summed E-state index contributed by atoms with van der Waals surface area (Å²) >= 11 is 0. The minimum atomic E-state index is -3.73. The summed E-state index contributed by atoms with van der Waals surface area (Å²) in [7, 11) is -3.73. The molecule has 0 unspecified atom stereocenters. The fourth-order valence-corrected chi connectivity index (χ4v) is 2.62. The fourth-order valence-electron chi connectivity index (χ4n) is 1.78. The van der Waals surface area contributed by atoms with Crippen LogP contribution in [0.25, 0.3) is 0 Å². The van der Waals surface area contributed by atoms with Gasteiger partial charge in [0.1, 0.15) is 12.0 Å². The molecule has 0 aliphatic heterocycles. The van der Waals surface area contributed by atoms with Gasteiger partial charge >= 0.3 is 0 Å². The number of aromatic nitrogens is 2. The first-order valence-electron chi connectivity index (χ1n) is 7.01. The molecule has 0 aliphatic rings. The summed E-state index contributed by atoms with van der Waals surface area (Å²) in [6.45, 7) is 5.76.